The Balaban J connectivity index is 1.33. The zero-order valence-corrected chi connectivity index (χ0v) is 13.6. The number of carbonyl (C=O) groups excluding carboxylic acids is 1. The Hall–Kier alpha value is -2.45. The molecule has 8 heteroatoms. The molecule has 0 bridgehead atoms. The van der Waals surface area contributed by atoms with Crippen molar-refractivity contribution in [3.8, 4) is 11.6 Å². The maximum Gasteiger partial charge on any atom is 0.223 e. The first-order valence-corrected chi connectivity index (χ1v) is 8.57. The van der Waals surface area contributed by atoms with Crippen molar-refractivity contribution in [2.75, 3.05) is 6.61 Å². The van der Waals surface area contributed by atoms with Gasteiger partial charge in [0.1, 0.15) is 11.9 Å². The largest absolute Gasteiger partial charge is 0.461 e. The van der Waals surface area contributed by atoms with Gasteiger partial charge in [-0.25, -0.2) is 4.98 Å². The van der Waals surface area contributed by atoms with Crippen LogP contribution >= 0.6 is 11.3 Å². The molecule has 2 N–H and O–H groups in total. The molecule has 0 aromatic carbocycles. The van der Waals surface area contributed by atoms with Gasteiger partial charge in [-0.05, 0) is 35.6 Å². The van der Waals surface area contributed by atoms with Crippen LogP contribution in [0.4, 0.5) is 0 Å². The summed E-state index contributed by atoms with van der Waals surface area (Å²) in [6.07, 6.45) is 2.65. The standard InChI is InChI=1S/C16H16N4O3S/c21-14(8-12-15-10(3-6-23-12)4-7-24-15)17-9-13-18-16(20-19-13)11-2-1-5-22-11/h1-2,4-5,7,12H,3,6,8-9H2,(H,17,21)(H,18,19,20). The van der Waals surface area contributed by atoms with Crippen LogP contribution in [0.1, 0.15) is 28.8 Å². The van der Waals surface area contributed by atoms with E-state index in [0.717, 1.165) is 11.3 Å². The van der Waals surface area contributed by atoms with E-state index in [4.69, 9.17) is 9.15 Å². The van der Waals surface area contributed by atoms with Crippen molar-refractivity contribution in [1.82, 2.24) is 20.5 Å². The van der Waals surface area contributed by atoms with E-state index in [0.29, 0.717) is 30.4 Å². The van der Waals surface area contributed by atoms with Crippen LogP contribution in [0.25, 0.3) is 11.6 Å². The highest BCUT2D eigenvalue weighted by atomic mass is 32.1. The second-order valence-corrected chi connectivity index (χ2v) is 6.43. The average molecular weight is 344 g/mol. The number of ether oxygens (including phenoxy) is 1. The summed E-state index contributed by atoms with van der Waals surface area (Å²) in [6.45, 7) is 0.951. The molecule has 24 heavy (non-hydrogen) atoms. The van der Waals surface area contributed by atoms with Crippen molar-refractivity contribution in [3.05, 3.63) is 46.1 Å². The molecule has 124 valence electrons. The van der Waals surface area contributed by atoms with Crippen LogP contribution < -0.4 is 5.32 Å². The molecule has 0 saturated carbocycles. The second kappa shape index (κ2) is 6.58. The van der Waals surface area contributed by atoms with Crippen LogP contribution in [0.15, 0.2) is 34.3 Å². The number of aromatic nitrogens is 3. The monoisotopic (exact) mass is 344 g/mol. The average Bonchev–Trinajstić information content (AvgIpc) is 3.32. The normalized spacial score (nSPS) is 16.8. The SMILES string of the molecule is O=C(CC1OCCc2ccsc21)NCc1nc(-c2ccco2)n[nH]1. The lowest BCUT2D eigenvalue weighted by molar-refractivity contribution is -0.124. The molecule has 3 aromatic heterocycles. The van der Waals surface area contributed by atoms with Gasteiger partial charge in [-0.3, -0.25) is 9.89 Å². The van der Waals surface area contributed by atoms with E-state index in [1.165, 1.54) is 5.56 Å². The van der Waals surface area contributed by atoms with Crippen LogP contribution in [0.2, 0.25) is 0 Å². The van der Waals surface area contributed by atoms with Gasteiger partial charge < -0.3 is 14.5 Å². The van der Waals surface area contributed by atoms with Crippen LogP contribution in [0.3, 0.4) is 0 Å². The minimum absolute atomic E-state index is 0.0720. The summed E-state index contributed by atoms with van der Waals surface area (Å²) in [5.74, 6) is 1.57. The van der Waals surface area contributed by atoms with Gasteiger partial charge >= 0.3 is 0 Å². The summed E-state index contributed by atoms with van der Waals surface area (Å²) < 4.78 is 11.0. The molecule has 7 nitrogen and oxygen atoms in total. The number of aromatic amines is 1. The molecule has 0 aliphatic carbocycles. The molecule has 1 amide bonds. The molecule has 3 aromatic rings. The topological polar surface area (TPSA) is 93.0 Å². The lowest BCUT2D eigenvalue weighted by Gasteiger charge is -2.22. The number of thiophene rings is 1. The molecule has 0 spiro atoms. The van der Waals surface area contributed by atoms with Crippen molar-refractivity contribution in [1.29, 1.82) is 0 Å². The highest BCUT2D eigenvalue weighted by molar-refractivity contribution is 7.10. The van der Waals surface area contributed by atoms with E-state index < -0.39 is 0 Å². The highest BCUT2D eigenvalue weighted by Crippen LogP contribution is 2.33. The Labute approximate surface area is 142 Å². The molecule has 1 aliphatic heterocycles. The van der Waals surface area contributed by atoms with Gasteiger partial charge in [0.25, 0.3) is 0 Å². The van der Waals surface area contributed by atoms with Crippen LogP contribution in [-0.2, 0) is 22.5 Å². The molecular formula is C16H16N4O3S. The number of hydrogen-bond acceptors (Lipinski definition) is 6. The number of amides is 1. The zero-order chi connectivity index (χ0) is 16.4. The summed E-state index contributed by atoms with van der Waals surface area (Å²) in [5.41, 5.74) is 1.29. The fraction of sp³-hybridized carbons (Fsp3) is 0.312. The van der Waals surface area contributed by atoms with Gasteiger partial charge in [0, 0.05) is 4.88 Å². The molecule has 1 aliphatic rings. The summed E-state index contributed by atoms with van der Waals surface area (Å²) >= 11 is 1.65. The third-order valence-corrected chi connectivity index (χ3v) is 4.91. The highest BCUT2D eigenvalue weighted by Gasteiger charge is 2.24. The molecule has 0 saturated heterocycles. The molecular weight excluding hydrogens is 328 g/mol. The van der Waals surface area contributed by atoms with Crippen LogP contribution in [0.5, 0.6) is 0 Å². The van der Waals surface area contributed by atoms with Crippen LogP contribution in [0, 0.1) is 0 Å². The van der Waals surface area contributed by atoms with Crippen molar-refractivity contribution >= 4 is 17.2 Å². The Morgan fingerprint density at radius 1 is 1.46 bits per heavy atom. The molecule has 0 fully saturated rings. The number of rotatable bonds is 5. The van der Waals surface area contributed by atoms with Gasteiger partial charge in [0.2, 0.25) is 11.7 Å². The number of furan rings is 1. The summed E-state index contributed by atoms with van der Waals surface area (Å²) in [4.78, 5) is 17.6. The van der Waals surface area contributed by atoms with Gasteiger partial charge in [0.05, 0.1) is 25.8 Å². The first kappa shape index (κ1) is 15.1. The Kier molecular flexibility index (Phi) is 4.14. The van der Waals surface area contributed by atoms with Gasteiger partial charge in [-0.1, -0.05) is 0 Å². The minimum Gasteiger partial charge on any atom is -0.461 e. The fourth-order valence-electron chi connectivity index (χ4n) is 2.69. The van der Waals surface area contributed by atoms with Gasteiger partial charge in [-0.15, -0.1) is 16.4 Å². The quantitative estimate of drug-likeness (QED) is 0.741. The summed E-state index contributed by atoms with van der Waals surface area (Å²) in [6, 6.07) is 5.67. The van der Waals surface area contributed by atoms with Crippen molar-refractivity contribution in [2.45, 2.75) is 25.5 Å². The third kappa shape index (κ3) is 3.10. The van der Waals surface area contributed by atoms with E-state index in [-0.39, 0.29) is 18.6 Å². The third-order valence-electron chi connectivity index (χ3n) is 3.86. The summed E-state index contributed by atoms with van der Waals surface area (Å²) in [5, 5.41) is 11.8. The zero-order valence-electron chi connectivity index (χ0n) is 12.8. The smallest absolute Gasteiger partial charge is 0.223 e. The Morgan fingerprint density at radius 3 is 3.29 bits per heavy atom. The number of hydrogen-bond donors (Lipinski definition) is 2. The fourth-order valence-corrected chi connectivity index (χ4v) is 3.69. The lowest BCUT2D eigenvalue weighted by atomic mass is 10.1. The number of H-pyrrole nitrogens is 1. The number of fused-ring (bicyclic) bond motifs is 1. The van der Waals surface area contributed by atoms with E-state index in [1.54, 1.807) is 29.7 Å². The Bertz CT molecular complexity index is 824. The first-order valence-electron chi connectivity index (χ1n) is 7.69. The number of nitrogens with zero attached hydrogens (tertiary/aromatic N) is 2. The van der Waals surface area contributed by atoms with Crippen molar-refractivity contribution < 1.29 is 13.9 Å². The maximum absolute atomic E-state index is 12.2. The molecule has 1 atom stereocenters. The van der Waals surface area contributed by atoms with E-state index in [2.05, 4.69) is 31.9 Å². The van der Waals surface area contributed by atoms with Gasteiger partial charge in [-0.2, -0.15) is 0 Å². The van der Waals surface area contributed by atoms with Crippen molar-refractivity contribution in [2.24, 2.45) is 0 Å². The molecule has 4 rings (SSSR count). The van der Waals surface area contributed by atoms with Gasteiger partial charge in [0.15, 0.2) is 5.76 Å². The summed E-state index contributed by atoms with van der Waals surface area (Å²) in [7, 11) is 0. The predicted molar refractivity (Wildman–Crippen MR) is 87.3 cm³/mol. The Morgan fingerprint density at radius 2 is 2.42 bits per heavy atom. The van der Waals surface area contributed by atoms with E-state index >= 15 is 0 Å². The minimum atomic E-state index is -0.151. The molecule has 0 radical (unpaired) electrons. The molecule has 4 heterocycles. The first-order chi connectivity index (χ1) is 11.8. The molecule has 1 unspecified atom stereocenters. The number of carbonyl (C=O) groups is 1. The lowest BCUT2D eigenvalue weighted by Crippen LogP contribution is -2.27. The van der Waals surface area contributed by atoms with Crippen LogP contribution in [-0.4, -0.2) is 27.7 Å². The second-order valence-electron chi connectivity index (χ2n) is 5.48. The maximum atomic E-state index is 12.2. The van der Waals surface area contributed by atoms with Crippen molar-refractivity contribution in [3.63, 3.8) is 0 Å². The predicted octanol–water partition coefficient (Wildman–Crippen LogP) is 2.45. The number of nitrogens with one attached hydrogen (secondary N) is 2. The van der Waals surface area contributed by atoms with E-state index in [9.17, 15) is 4.79 Å². The van der Waals surface area contributed by atoms with E-state index in [1.807, 2.05) is 0 Å².